The summed E-state index contributed by atoms with van der Waals surface area (Å²) in [6.45, 7) is 5.67. The van der Waals surface area contributed by atoms with E-state index >= 15 is 0 Å². The van der Waals surface area contributed by atoms with E-state index in [0.29, 0.717) is 6.61 Å². The van der Waals surface area contributed by atoms with Gasteiger partial charge in [-0.25, -0.2) is 0 Å². The lowest BCUT2D eigenvalue weighted by Gasteiger charge is -1.92. The molecular weight excluding hydrogens is 146 g/mol. The van der Waals surface area contributed by atoms with Crippen LogP contribution in [-0.4, -0.2) is 31.1 Å². The SMILES string of the molecule is CC.COCC1=NCCS1. The van der Waals surface area contributed by atoms with Crippen LogP contribution in [0.25, 0.3) is 0 Å². The maximum absolute atomic E-state index is 4.87. The van der Waals surface area contributed by atoms with Crippen LogP contribution in [-0.2, 0) is 4.74 Å². The Hall–Kier alpha value is -0.0200. The fraction of sp³-hybridized carbons (Fsp3) is 0.857. The van der Waals surface area contributed by atoms with E-state index in [4.69, 9.17) is 4.74 Å². The third-order valence-electron chi connectivity index (χ3n) is 0.916. The van der Waals surface area contributed by atoms with Crippen molar-refractivity contribution in [3.05, 3.63) is 0 Å². The number of methoxy groups -OCH3 is 1. The lowest BCUT2D eigenvalue weighted by atomic mass is 10.7. The highest BCUT2D eigenvalue weighted by molar-refractivity contribution is 8.14. The summed E-state index contributed by atoms with van der Waals surface area (Å²) in [6, 6.07) is 0. The second kappa shape index (κ2) is 7.09. The van der Waals surface area contributed by atoms with E-state index in [9.17, 15) is 0 Å². The minimum Gasteiger partial charge on any atom is -0.378 e. The summed E-state index contributed by atoms with van der Waals surface area (Å²) in [5.74, 6) is 1.14. The van der Waals surface area contributed by atoms with Crippen molar-refractivity contribution in [2.24, 2.45) is 4.99 Å². The molecule has 0 spiro atoms. The molecule has 0 radical (unpaired) electrons. The van der Waals surface area contributed by atoms with E-state index in [2.05, 4.69) is 4.99 Å². The Balaban J connectivity index is 0.000000371. The van der Waals surface area contributed by atoms with E-state index < -0.39 is 0 Å². The largest absolute Gasteiger partial charge is 0.378 e. The highest BCUT2D eigenvalue weighted by Crippen LogP contribution is 2.10. The van der Waals surface area contributed by atoms with Crippen LogP contribution in [0.4, 0.5) is 0 Å². The van der Waals surface area contributed by atoms with Crippen molar-refractivity contribution in [2.75, 3.05) is 26.0 Å². The molecule has 0 aromatic carbocycles. The van der Waals surface area contributed by atoms with Gasteiger partial charge in [0.25, 0.3) is 0 Å². The van der Waals surface area contributed by atoms with Crippen LogP contribution in [0.15, 0.2) is 4.99 Å². The molecule has 0 fully saturated rings. The Kier molecular flexibility index (Phi) is 7.08. The summed E-state index contributed by atoms with van der Waals surface area (Å²) < 4.78 is 4.87. The number of rotatable bonds is 2. The lowest BCUT2D eigenvalue weighted by molar-refractivity contribution is 0.247. The summed E-state index contributed by atoms with van der Waals surface area (Å²) in [4.78, 5) is 4.18. The van der Waals surface area contributed by atoms with Gasteiger partial charge >= 0.3 is 0 Å². The smallest absolute Gasteiger partial charge is 0.0941 e. The molecule has 0 aromatic rings. The molecule has 1 rings (SSSR count). The zero-order valence-corrected chi connectivity index (χ0v) is 7.70. The number of hydrogen-bond donors (Lipinski definition) is 0. The van der Waals surface area contributed by atoms with Crippen LogP contribution in [0.2, 0.25) is 0 Å². The van der Waals surface area contributed by atoms with E-state index in [-0.39, 0.29) is 0 Å². The van der Waals surface area contributed by atoms with Gasteiger partial charge in [0.2, 0.25) is 0 Å². The van der Waals surface area contributed by atoms with Gasteiger partial charge < -0.3 is 4.74 Å². The molecule has 0 atom stereocenters. The highest BCUT2D eigenvalue weighted by Gasteiger charge is 2.04. The summed E-state index contributed by atoms with van der Waals surface area (Å²) in [6.07, 6.45) is 0. The van der Waals surface area contributed by atoms with E-state index in [1.807, 2.05) is 13.8 Å². The summed E-state index contributed by atoms with van der Waals surface area (Å²) in [5.41, 5.74) is 0. The maximum Gasteiger partial charge on any atom is 0.0941 e. The molecule has 60 valence electrons. The minimum atomic E-state index is 0.699. The van der Waals surface area contributed by atoms with Gasteiger partial charge in [0.15, 0.2) is 0 Å². The fourth-order valence-corrected chi connectivity index (χ4v) is 1.39. The molecule has 1 heterocycles. The number of aliphatic imine (C=N–C) groups is 1. The normalized spacial score (nSPS) is 15.7. The first-order valence-corrected chi connectivity index (χ1v) is 4.57. The quantitative estimate of drug-likeness (QED) is 0.616. The molecule has 0 saturated carbocycles. The third-order valence-corrected chi connectivity index (χ3v) is 1.88. The van der Waals surface area contributed by atoms with Gasteiger partial charge in [0, 0.05) is 19.4 Å². The molecule has 0 aliphatic carbocycles. The molecular formula is C7H15NOS. The van der Waals surface area contributed by atoms with Gasteiger partial charge in [-0.15, -0.1) is 11.8 Å². The zero-order chi connectivity index (χ0) is 7.82. The molecule has 0 bridgehead atoms. The molecule has 1 aliphatic heterocycles. The molecule has 3 heteroatoms. The molecule has 2 nitrogen and oxygen atoms in total. The highest BCUT2D eigenvalue weighted by atomic mass is 32.2. The third kappa shape index (κ3) is 3.90. The monoisotopic (exact) mass is 161 g/mol. The van der Waals surface area contributed by atoms with Gasteiger partial charge in [0.1, 0.15) is 0 Å². The molecule has 0 unspecified atom stereocenters. The summed E-state index contributed by atoms with van der Waals surface area (Å²) >= 11 is 1.79. The number of thioether (sulfide) groups is 1. The van der Waals surface area contributed by atoms with E-state index in [1.54, 1.807) is 18.9 Å². The van der Waals surface area contributed by atoms with Crippen LogP contribution in [0.3, 0.4) is 0 Å². The molecule has 0 aromatic heterocycles. The average molecular weight is 161 g/mol. The van der Waals surface area contributed by atoms with E-state index in [1.165, 1.54) is 0 Å². The second-order valence-corrected chi connectivity index (χ2v) is 2.73. The van der Waals surface area contributed by atoms with Gasteiger partial charge in [-0.05, 0) is 0 Å². The minimum absolute atomic E-state index is 0.699. The van der Waals surface area contributed by atoms with Crippen molar-refractivity contribution >= 4 is 16.8 Å². The summed E-state index contributed by atoms with van der Waals surface area (Å²) in [7, 11) is 1.70. The van der Waals surface area contributed by atoms with Crippen molar-refractivity contribution in [3.63, 3.8) is 0 Å². The predicted octanol–water partition coefficient (Wildman–Crippen LogP) is 1.80. The maximum atomic E-state index is 4.87. The Morgan fingerprint density at radius 3 is 2.70 bits per heavy atom. The van der Waals surface area contributed by atoms with Crippen molar-refractivity contribution in [1.82, 2.24) is 0 Å². The van der Waals surface area contributed by atoms with Crippen molar-refractivity contribution in [3.8, 4) is 0 Å². The first-order valence-electron chi connectivity index (χ1n) is 3.58. The van der Waals surface area contributed by atoms with Crippen molar-refractivity contribution in [1.29, 1.82) is 0 Å². The molecule has 0 N–H and O–H groups in total. The molecule has 10 heavy (non-hydrogen) atoms. The van der Waals surface area contributed by atoms with Gasteiger partial charge in [0.05, 0.1) is 11.7 Å². The fourth-order valence-electron chi connectivity index (χ4n) is 0.590. The van der Waals surface area contributed by atoms with E-state index in [0.717, 1.165) is 17.3 Å². The van der Waals surface area contributed by atoms with Crippen LogP contribution in [0, 0.1) is 0 Å². The number of hydrogen-bond acceptors (Lipinski definition) is 3. The van der Waals surface area contributed by atoms with Gasteiger partial charge in [-0.2, -0.15) is 0 Å². The topological polar surface area (TPSA) is 21.6 Å². The standard InChI is InChI=1S/C5H9NOS.C2H6/c1-7-4-5-6-2-3-8-5;1-2/h2-4H2,1H3;1-2H3. The lowest BCUT2D eigenvalue weighted by Crippen LogP contribution is -1.97. The molecule has 1 aliphatic rings. The van der Waals surface area contributed by atoms with Gasteiger partial charge in [-0.1, -0.05) is 13.8 Å². The molecule has 0 amide bonds. The second-order valence-electron chi connectivity index (χ2n) is 1.56. The Labute approximate surface area is 67.1 Å². The van der Waals surface area contributed by atoms with Gasteiger partial charge in [-0.3, -0.25) is 4.99 Å². The number of ether oxygens (including phenoxy) is 1. The Bertz CT molecular complexity index is 104. The van der Waals surface area contributed by atoms with Crippen LogP contribution in [0.5, 0.6) is 0 Å². The van der Waals surface area contributed by atoms with Crippen molar-refractivity contribution < 1.29 is 4.74 Å². The van der Waals surface area contributed by atoms with Crippen LogP contribution >= 0.6 is 11.8 Å². The van der Waals surface area contributed by atoms with Crippen LogP contribution < -0.4 is 0 Å². The van der Waals surface area contributed by atoms with Crippen LogP contribution in [0.1, 0.15) is 13.8 Å². The predicted molar refractivity (Wildman–Crippen MR) is 48.0 cm³/mol. The first-order chi connectivity index (χ1) is 4.93. The average Bonchev–Trinajstić information content (AvgIpc) is 2.46. The number of nitrogens with zero attached hydrogens (tertiary/aromatic N) is 1. The zero-order valence-electron chi connectivity index (χ0n) is 6.89. The molecule has 0 saturated heterocycles. The Morgan fingerprint density at radius 1 is 1.60 bits per heavy atom. The Morgan fingerprint density at radius 2 is 2.30 bits per heavy atom. The van der Waals surface area contributed by atoms with Crippen molar-refractivity contribution in [2.45, 2.75) is 13.8 Å². The first kappa shape index (κ1) is 9.98. The summed E-state index contributed by atoms with van der Waals surface area (Å²) in [5, 5.41) is 1.15.